The van der Waals surface area contributed by atoms with Gasteiger partial charge in [0.05, 0.1) is 11.0 Å². The molecule has 0 radical (unpaired) electrons. The summed E-state index contributed by atoms with van der Waals surface area (Å²) in [6, 6.07) is 70.5. The summed E-state index contributed by atoms with van der Waals surface area (Å²) in [7, 11) is -3.50. The van der Waals surface area contributed by atoms with Crippen molar-refractivity contribution in [1.29, 1.82) is 0 Å². The van der Waals surface area contributed by atoms with E-state index in [2.05, 4.69) is 226 Å². The molecular weight excluding hydrogens is 782 g/mol. The lowest BCUT2D eigenvalue weighted by molar-refractivity contribution is 0.592. The monoisotopic (exact) mass is 825 g/mol. The molecule has 0 bridgehead atoms. The molecule has 13 rings (SSSR count). The molecule has 3 heteroatoms. The van der Waals surface area contributed by atoms with Crippen molar-refractivity contribution < 1.29 is 4.57 Å². The first-order valence-electron chi connectivity index (χ1n) is 22.1. The fourth-order valence-electron chi connectivity index (χ4n) is 11.7. The number of hydrogen-bond donors (Lipinski definition) is 0. The predicted octanol–water partition coefficient (Wildman–Crippen LogP) is 14.5. The zero-order valence-corrected chi connectivity index (χ0v) is 36.7. The third-order valence-corrected chi connectivity index (χ3v) is 17.9. The molecule has 0 saturated heterocycles. The van der Waals surface area contributed by atoms with Crippen molar-refractivity contribution in [2.45, 2.75) is 38.5 Å². The minimum absolute atomic E-state index is 0.155. The SMILES string of the molecule is CC1(C)c2ccccc2-c2cc(P(=O)(c3ccc4c(c3)-c3ccccc3C4(C)C)c3ccc4c(c3)c3ccccc3c3cc5c6ccccc6n(-c6ccccc6)c5cc43)ccc21. The van der Waals surface area contributed by atoms with E-state index in [1.807, 2.05) is 0 Å². The van der Waals surface area contributed by atoms with Crippen LogP contribution in [-0.4, -0.2) is 4.57 Å². The summed E-state index contributed by atoms with van der Waals surface area (Å²) in [4.78, 5) is 0. The molecule has 1 heterocycles. The Kier molecular flexibility index (Phi) is 7.44. The van der Waals surface area contributed by atoms with E-state index in [0.29, 0.717) is 0 Å². The summed E-state index contributed by atoms with van der Waals surface area (Å²) in [6.45, 7) is 9.23. The molecule has 0 aliphatic heterocycles. The predicted molar refractivity (Wildman–Crippen MR) is 268 cm³/mol. The van der Waals surface area contributed by atoms with Gasteiger partial charge in [-0.25, -0.2) is 0 Å². The number of benzene rings is 10. The first kappa shape index (κ1) is 36.6. The Balaban J connectivity index is 1.11. The van der Waals surface area contributed by atoms with E-state index in [4.69, 9.17) is 0 Å². The molecule has 300 valence electrons. The Hall–Kier alpha value is -6.99. The third-order valence-electron chi connectivity index (χ3n) is 14.9. The summed E-state index contributed by atoms with van der Waals surface area (Å²) in [5.74, 6) is 0. The summed E-state index contributed by atoms with van der Waals surface area (Å²) in [6.07, 6.45) is 0. The maximum absolute atomic E-state index is 17.1. The molecule has 0 spiro atoms. The summed E-state index contributed by atoms with van der Waals surface area (Å²) < 4.78 is 19.5. The fourth-order valence-corrected chi connectivity index (χ4v) is 14.4. The zero-order valence-electron chi connectivity index (χ0n) is 35.8. The van der Waals surface area contributed by atoms with Crippen LogP contribution in [0.25, 0.3) is 82.1 Å². The first-order valence-corrected chi connectivity index (χ1v) is 23.8. The molecular formula is C60H44NOP. The Bertz CT molecular complexity index is 3720. The van der Waals surface area contributed by atoms with Gasteiger partial charge in [0.1, 0.15) is 0 Å². The van der Waals surface area contributed by atoms with E-state index in [-0.39, 0.29) is 10.8 Å². The van der Waals surface area contributed by atoms with Crippen molar-refractivity contribution >= 4 is 77.2 Å². The van der Waals surface area contributed by atoms with Crippen molar-refractivity contribution in [1.82, 2.24) is 4.57 Å². The van der Waals surface area contributed by atoms with Crippen molar-refractivity contribution in [2.75, 3.05) is 0 Å². The number of hydrogen-bond acceptors (Lipinski definition) is 1. The molecule has 0 unspecified atom stereocenters. The van der Waals surface area contributed by atoms with E-state index in [1.165, 1.54) is 82.5 Å². The Labute approximate surface area is 367 Å². The maximum Gasteiger partial charge on any atom is 0.171 e. The van der Waals surface area contributed by atoms with Crippen LogP contribution in [0, 0.1) is 0 Å². The van der Waals surface area contributed by atoms with Crippen LogP contribution in [0.1, 0.15) is 49.9 Å². The molecule has 10 aromatic carbocycles. The van der Waals surface area contributed by atoms with Gasteiger partial charge in [-0.1, -0.05) is 173 Å². The van der Waals surface area contributed by atoms with Crippen LogP contribution in [0.3, 0.4) is 0 Å². The van der Waals surface area contributed by atoms with Crippen LogP contribution in [0.4, 0.5) is 0 Å². The molecule has 2 aliphatic carbocycles. The molecule has 0 fully saturated rings. The van der Waals surface area contributed by atoms with Crippen molar-refractivity contribution in [3.8, 4) is 27.9 Å². The van der Waals surface area contributed by atoms with E-state index < -0.39 is 7.14 Å². The molecule has 0 N–H and O–H groups in total. The van der Waals surface area contributed by atoms with Gasteiger partial charge in [0, 0.05) is 43.2 Å². The van der Waals surface area contributed by atoms with E-state index >= 15 is 4.57 Å². The molecule has 0 atom stereocenters. The van der Waals surface area contributed by atoms with E-state index in [1.54, 1.807) is 0 Å². The topological polar surface area (TPSA) is 22.0 Å². The molecule has 2 aliphatic rings. The average Bonchev–Trinajstić information content (AvgIpc) is 3.87. The molecule has 1 aromatic heterocycles. The smallest absolute Gasteiger partial charge is 0.171 e. The van der Waals surface area contributed by atoms with Gasteiger partial charge >= 0.3 is 0 Å². The van der Waals surface area contributed by atoms with Crippen LogP contribution >= 0.6 is 7.14 Å². The van der Waals surface area contributed by atoms with Crippen LogP contribution in [0.5, 0.6) is 0 Å². The van der Waals surface area contributed by atoms with Gasteiger partial charge in [0.25, 0.3) is 0 Å². The van der Waals surface area contributed by atoms with Gasteiger partial charge in [-0.2, -0.15) is 0 Å². The number of aromatic nitrogens is 1. The molecule has 0 saturated carbocycles. The largest absolute Gasteiger partial charge is 0.309 e. The van der Waals surface area contributed by atoms with Gasteiger partial charge < -0.3 is 9.13 Å². The summed E-state index contributed by atoms with van der Waals surface area (Å²) in [5, 5.41) is 12.0. The van der Waals surface area contributed by atoms with Gasteiger partial charge in [-0.15, -0.1) is 0 Å². The molecule has 0 amide bonds. The Morgan fingerprint density at radius 3 is 1.40 bits per heavy atom. The lowest BCUT2D eigenvalue weighted by atomic mass is 9.82. The zero-order chi connectivity index (χ0) is 42.4. The van der Waals surface area contributed by atoms with Gasteiger partial charge in [0.2, 0.25) is 0 Å². The maximum atomic E-state index is 17.1. The van der Waals surface area contributed by atoms with Crippen LogP contribution in [0.15, 0.2) is 194 Å². The van der Waals surface area contributed by atoms with Crippen molar-refractivity contribution in [3.05, 3.63) is 216 Å². The second-order valence-corrected chi connectivity index (χ2v) is 21.6. The normalized spacial score (nSPS) is 14.7. The highest BCUT2D eigenvalue weighted by Crippen LogP contribution is 2.54. The molecule has 11 aromatic rings. The standard InChI is InChI=1S/C60H44NOP/c1-59(2)53-23-13-10-20-44(53)50-33-39(27-30-55(50)59)63(62,40-28-31-56-51(34-40)45-21-11-14-24-54(45)60(56,3)4)38-26-29-43-47(32-38)41-18-8-9-19-42(41)48-35-52-46-22-12-15-25-57(46)61(58(52)36-49(43)48)37-16-6-5-7-17-37/h5-36H,1-4H3. The molecule has 2 nitrogen and oxygen atoms in total. The fraction of sp³-hybridized carbons (Fsp3) is 0.100. The third kappa shape index (κ3) is 4.88. The van der Waals surface area contributed by atoms with Crippen LogP contribution in [-0.2, 0) is 15.4 Å². The van der Waals surface area contributed by atoms with Crippen LogP contribution in [0.2, 0.25) is 0 Å². The number of fused-ring (bicyclic) bond motifs is 15. The second-order valence-electron chi connectivity index (χ2n) is 18.8. The Morgan fingerprint density at radius 1 is 0.333 bits per heavy atom. The Morgan fingerprint density at radius 2 is 0.778 bits per heavy atom. The highest BCUT2D eigenvalue weighted by atomic mass is 31.2. The number of nitrogens with zero attached hydrogens (tertiary/aromatic N) is 1. The van der Waals surface area contributed by atoms with E-state index in [9.17, 15) is 0 Å². The highest BCUT2D eigenvalue weighted by Gasteiger charge is 2.40. The summed E-state index contributed by atoms with van der Waals surface area (Å²) >= 11 is 0. The van der Waals surface area contributed by atoms with Gasteiger partial charge in [-0.05, 0) is 125 Å². The average molecular weight is 826 g/mol. The quantitative estimate of drug-likeness (QED) is 0.128. The van der Waals surface area contributed by atoms with Crippen LogP contribution < -0.4 is 15.9 Å². The molecule has 63 heavy (non-hydrogen) atoms. The van der Waals surface area contributed by atoms with Crippen molar-refractivity contribution in [2.24, 2.45) is 0 Å². The van der Waals surface area contributed by atoms with Gasteiger partial charge in [-0.3, -0.25) is 0 Å². The lowest BCUT2D eigenvalue weighted by Gasteiger charge is -2.25. The van der Waals surface area contributed by atoms with E-state index in [0.717, 1.165) is 37.8 Å². The number of rotatable bonds is 4. The minimum Gasteiger partial charge on any atom is -0.309 e. The summed E-state index contributed by atoms with van der Waals surface area (Å²) in [5.41, 5.74) is 13.2. The first-order chi connectivity index (χ1) is 30.6. The minimum atomic E-state index is -3.50. The lowest BCUT2D eigenvalue weighted by Crippen LogP contribution is -2.26. The van der Waals surface area contributed by atoms with Crippen molar-refractivity contribution in [3.63, 3.8) is 0 Å². The second kappa shape index (κ2) is 12.8. The van der Waals surface area contributed by atoms with Gasteiger partial charge in [0.15, 0.2) is 7.14 Å². The highest BCUT2D eigenvalue weighted by molar-refractivity contribution is 7.85. The number of para-hydroxylation sites is 2.